The van der Waals surface area contributed by atoms with Crippen LogP contribution >= 0.6 is 11.3 Å². The van der Waals surface area contributed by atoms with Crippen LogP contribution in [0.2, 0.25) is 0 Å². The second-order valence-electron chi connectivity index (χ2n) is 6.85. The molecule has 1 aliphatic rings. The number of thiophene rings is 1. The molecule has 3 aromatic rings. The molecule has 1 N–H and O–H groups in total. The van der Waals surface area contributed by atoms with Gasteiger partial charge in [-0.2, -0.15) is 5.10 Å². The number of carbonyl (C=O) groups is 1. The Labute approximate surface area is 163 Å². The zero-order valence-corrected chi connectivity index (χ0v) is 16.2. The van der Waals surface area contributed by atoms with Crippen LogP contribution in [0, 0.1) is 0 Å². The number of ether oxygens (including phenoxy) is 1. The summed E-state index contributed by atoms with van der Waals surface area (Å²) in [5, 5.41) is 7.48. The molecule has 1 aromatic carbocycles. The average molecular weight is 382 g/mol. The van der Waals surface area contributed by atoms with Gasteiger partial charge in [0, 0.05) is 42.3 Å². The molecule has 1 atom stereocenters. The van der Waals surface area contributed by atoms with Crippen molar-refractivity contribution in [3.63, 3.8) is 0 Å². The second kappa shape index (κ2) is 8.06. The summed E-state index contributed by atoms with van der Waals surface area (Å²) in [6.07, 6.45) is 3.95. The topological polar surface area (TPSA) is 58.2 Å². The van der Waals surface area contributed by atoms with Crippen molar-refractivity contribution < 1.29 is 9.53 Å². The third-order valence-corrected chi connectivity index (χ3v) is 6.08. The van der Waals surface area contributed by atoms with Gasteiger partial charge in [0.1, 0.15) is 0 Å². The van der Waals surface area contributed by atoms with Crippen molar-refractivity contribution >= 4 is 17.2 Å². The molecule has 0 unspecified atom stereocenters. The molecule has 27 heavy (non-hydrogen) atoms. The lowest BCUT2D eigenvalue weighted by molar-refractivity contribution is 0.0711. The van der Waals surface area contributed by atoms with Crippen LogP contribution in [0.3, 0.4) is 0 Å². The number of hydrogen-bond donors (Lipinski definition) is 1. The minimum atomic E-state index is 0.118. The van der Waals surface area contributed by atoms with E-state index in [9.17, 15) is 4.79 Å². The summed E-state index contributed by atoms with van der Waals surface area (Å²) < 4.78 is 5.16. The van der Waals surface area contributed by atoms with E-state index < -0.39 is 0 Å². The molecule has 6 heteroatoms. The van der Waals surface area contributed by atoms with Gasteiger partial charge >= 0.3 is 0 Å². The maximum Gasteiger partial charge on any atom is 0.263 e. The Morgan fingerprint density at radius 3 is 2.96 bits per heavy atom. The van der Waals surface area contributed by atoms with E-state index in [-0.39, 0.29) is 11.8 Å². The Balaban J connectivity index is 1.52. The fourth-order valence-corrected chi connectivity index (χ4v) is 4.67. The molecule has 0 radical (unpaired) electrons. The summed E-state index contributed by atoms with van der Waals surface area (Å²) in [6.45, 7) is 2.08. The molecule has 0 saturated carbocycles. The molecule has 0 aliphatic carbocycles. The number of nitrogens with zero attached hydrogens (tertiary/aromatic N) is 2. The van der Waals surface area contributed by atoms with E-state index in [1.165, 1.54) is 11.3 Å². The quantitative estimate of drug-likeness (QED) is 0.717. The van der Waals surface area contributed by atoms with Gasteiger partial charge in [0.25, 0.3) is 5.91 Å². The molecule has 4 rings (SSSR count). The van der Waals surface area contributed by atoms with Crippen LogP contribution in [0.1, 0.15) is 39.0 Å². The summed E-state index contributed by atoms with van der Waals surface area (Å²) >= 11 is 1.52. The third-order valence-electron chi connectivity index (χ3n) is 5.03. The number of aromatic nitrogens is 2. The van der Waals surface area contributed by atoms with Gasteiger partial charge in [-0.05, 0) is 30.5 Å². The van der Waals surface area contributed by atoms with Crippen LogP contribution in [0.4, 0.5) is 0 Å². The maximum atomic E-state index is 13.0. The maximum absolute atomic E-state index is 13.0. The lowest BCUT2D eigenvalue weighted by Crippen LogP contribution is -2.39. The van der Waals surface area contributed by atoms with E-state index in [0.717, 1.165) is 52.5 Å². The van der Waals surface area contributed by atoms with Gasteiger partial charge in [0.2, 0.25) is 0 Å². The highest BCUT2D eigenvalue weighted by Gasteiger charge is 2.28. The van der Waals surface area contributed by atoms with Gasteiger partial charge in [-0.25, -0.2) is 0 Å². The van der Waals surface area contributed by atoms with Gasteiger partial charge in [-0.15, -0.1) is 11.3 Å². The minimum absolute atomic E-state index is 0.118. The van der Waals surface area contributed by atoms with E-state index in [0.29, 0.717) is 6.61 Å². The molecular formula is C21H23N3O2S. The third kappa shape index (κ3) is 3.82. The predicted octanol–water partition coefficient (Wildman–Crippen LogP) is 4.30. The summed E-state index contributed by atoms with van der Waals surface area (Å²) in [6, 6.07) is 14.2. The predicted molar refractivity (Wildman–Crippen MR) is 107 cm³/mol. The largest absolute Gasteiger partial charge is 0.379 e. The summed E-state index contributed by atoms with van der Waals surface area (Å²) in [7, 11) is 1.67. The highest BCUT2D eigenvalue weighted by Crippen LogP contribution is 2.33. The molecule has 1 saturated heterocycles. The standard InChI is InChI=1S/C21H23N3O2S/c1-26-14-17-9-10-19(27-17)21(25)24-11-5-8-16(13-24)20-18(12-22-23-20)15-6-3-2-4-7-15/h2-4,6-7,9-10,12,16H,5,8,11,13-14H2,1H3,(H,22,23)/t16-/m0/s1. The number of carbonyl (C=O) groups excluding carboxylic acids is 1. The zero-order chi connectivity index (χ0) is 18.6. The van der Waals surface area contributed by atoms with E-state index in [1.807, 2.05) is 41.4 Å². The Kier molecular flexibility index (Phi) is 5.36. The Morgan fingerprint density at radius 1 is 1.30 bits per heavy atom. The van der Waals surface area contributed by atoms with Crippen LogP contribution < -0.4 is 0 Å². The number of methoxy groups -OCH3 is 1. The van der Waals surface area contributed by atoms with Gasteiger partial charge < -0.3 is 9.64 Å². The van der Waals surface area contributed by atoms with Crippen molar-refractivity contribution in [3.8, 4) is 11.1 Å². The Bertz CT molecular complexity index is 903. The van der Waals surface area contributed by atoms with Crippen LogP contribution in [-0.4, -0.2) is 41.2 Å². The molecular weight excluding hydrogens is 358 g/mol. The number of amides is 1. The zero-order valence-electron chi connectivity index (χ0n) is 15.4. The Morgan fingerprint density at radius 2 is 2.15 bits per heavy atom. The molecule has 5 nitrogen and oxygen atoms in total. The van der Waals surface area contributed by atoms with E-state index in [4.69, 9.17) is 4.74 Å². The molecule has 3 heterocycles. The number of hydrogen-bond acceptors (Lipinski definition) is 4. The lowest BCUT2D eigenvalue weighted by Gasteiger charge is -2.32. The number of rotatable bonds is 5. The van der Waals surface area contributed by atoms with Crippen molar-refractivity contribution in [1.29, 1.82) is 0 Å². The smallest absolute Gasteiger partial charge is 0.263 e. The normalized spacial score (nSPS) is 17.2. The monoisotopic (exact) mass is 381 g/mol. The van der Waals surface area contributed by atoms with Crippen LogP contribution in [0.5, 0.6) is 0 Å². The van der Waals surface area contributed by atoms with Crippen LogP contribution in [0.15, 0.2) is 48.7 Å². The Hall–Kier alpha value is -2.44. The van der Waals surface area contributed by atoms with E-state index in [1.54, 1.807) is 7.11 Å². The summed E-state index contributed by atoms with van der Waals surface area (Å²) in [4.78, 5) is 16.8. The van der Waals surface area contributed by atoms with Crippen molar-refractivity contribution in [2.24, 2.45) is 0 Å². The fraction of sp³-hybridized carbons (Fsp3) is 0.333. The first-order chi connectivity index (χ1) is 13.3. The number of likely N-dealkylation sites (tertiary alicyclic amines) is 1. The van der Waals surface area contributed by atoms with Gasteiger partial charge in [-0.3, -0.25) is 9.89 Å². The molecule has 1 amide bonds. The number of benzene rings is 1. The second-order valence-corrected chi connectivity index (χ2v) is 8.02. The first-order valence-electron chi connectivity index (χ1n) is 9.22. The van der Waals surface area contributed by atoms with Crippen molar-refractivity contribution in [2.75, 3.05) is 20.2 Å². The van der Waals surface area contributed by atoms with Crippen LogP contribution in [0.25, 0.3) is 11.1 Å². The van der Waals surface area contributed by atoms with Crippen molar-refractivity contribution in [1.82, 2.24) is 15.1 Å². The molecule has 2 aromatic heterocycles. The number of nitrogens with one attached hydrogen (secondary N) is 1. The highest BCUT2D eigenvalue weighted by atomic mass is 32.1. The average Bonchev–Trinajstić information content (AvgIpc) is 3.38. The molecule has 140 valence electrons. The summed E-state index contributed by atoms with van der Waals surface area (Å²) in [5.74, 6) is 0.395. The molecule has 1 aliphatic heterocycles. The highest BCUT2D eigenvalue weighted by molar-refractivity contribution is 7.14. The summed E-state index contributed by atoms with van der Waals surface area (Å²) in [5.41, 5.74) is 3.42. The SMILES string of the molecule is COCc1ccc(C(=O)N2CCC[C@H](c3[nH]ncc3-c3ccccc3)C2)s1. The first kappa shape index (κ1) is 17.9. The van der Waals surface area contributed by atoms with E-state index >= 15 is 0 Å². The fourth-order valence-electron chi connectivity index (χ4n) is 3.72. The first-order valence-corrected chi connectivity index (χ1v) is 10.0. The van der Waals surface area contributed by atoms with Crippen molar-refractivity contribution in [2.45, 2.75) is 25.4 Å². The van der Waals surface area contributed by atoms with Gasteiger partial charge in [0.05, 0.1) is 17.7 Å². The van der Waals surface area contributed by atoms with Gasteiger partial charge in [-0.1, -0.05) is 30.3 Å². The van der Waals surface area contributed by atoms with Crippen LogP contribution in [-0.2, 0) is 11.3 Å². The molecule has 0 spiro atoms. The van der Waals surface area contributed by atoms with Gasteiger partial charge in [0.15, 0.2) is 0 Å². The lowest BCUT2D eigenvalue weighted by atomic mass is 9.90. The van der Waals surface area contributed by atoms with Crippen molar-refractivity contribution in [3.05, 3.63) is 64.1 Å². The van der Waals surface area contributed by atoms with E-state index in [2.05, 4.69) is 22.3 Å². The minimum Gasteiger partial charge on any atom is -0.379 e. The number of piperidine rings is 1. The molecule has 1 fully saturated rings. The molecule has 0 bridgehead atoms. The number of H-pyrrole nitrogens is 1. The number of aromatic amines is 1.